The van der Waals surface area contributed by atoms with Crippen LogP contribution in [-0.4, -0.2) is 40.6 Å². The number of piperidine rings is 1. The zero-order valence-corrected chi connectivity index (χ0v) is 16.1. The smallest absolute Gasteiger partial charge is 0.295 e. The number of aryl methyl sites for hydroxylation is 1. The number of carbonyl (C=O) groups is 3. The molecule has 2 amide bonds. The van der Waals surface area contributed by atoms with Gasteiger partial charge in [0.2, 0.25) is 5.91 Å². The highest BCUT2D eigenvalue weighted by molar-refractivity contribution is 6.45. The van der Waals surface area contributed by atoms with Gasteiger partial charge in [-0.2, -0.15) is 0 Å². The van der Waals surface area contributed by atoms with E-state index < -0.39 is 17.1 Å². The van der Waals surface area contributed by atoms with E-state index in [1.807, 2.05) is 55.5 Å². The van der Waals surface area contributed by atoms with Crippen LogP contribution in [0.1, 0.15) is 34.5 Å². The van der Waals surface area contributed by atoms with Crippen molar-refractivity contribution < 1.29 is 14.4 Å². The van der Waals surface area contributed by atoms with Crippen LogP contribution in [-0.2, 0) is 15.0 Å². The molecule has 0 atom stereocenters. The lowest BCUT2D eigenvalue weighted by Gasteiger charge is -2.37. The Morgan fingerprint density at radius 3 is 2.48 bits per heavy atom. The number of nitrogens with zero attached hydrogens (tertiary/aromatic N) is 1. The summed E-state index contributed by atoms with van der Waals surface area (Å²) in [6.45, 7) is 2.58. The van der Waals surface area contributed by atoms with E-state index in [1.165, 1.54) is 0 Å². The molecule has 146 valence electrons. The molecule has 6 heteroatoms. The average molecular weight is 387 g/mol. The lowest BCUT2D eigenvalue weighted by Crippen LogP contribution is -2.49. The van der Waals surface area contributed by atoms with E-state index in [4.69, 9.17) is 0 Å². The van der Waals surface area contributed by atoms with E-state index in [2.05, 4.69) is 10.3 Å². The van der Waals surface area contributed by atoms with Gasteiger partial charge in [-0.1, -0.05) is 36.4 Å². The first-order valence-electron chi connectivity index (χ1n) is 9.83. The highest BCUT2D eigenvalue weighted by Gasteiger charge is 2.49. The number of nitrogens with one attached hydrogen (secondary N) is 2. The second-order valence-electron chi connectivity index (χ2n) is 7.87. The number of hydrogen-bond donors (Lipinski definition) is 2. The van der Waals surface area contributed by atoms with E-state index >= 15 is 0 Å². The number of benzene rings is 2. The SMILES string of the molecule is Cc1[nH]c2ccccc2c1C(=O)C(=O)N1CCC2(CC1)C(=O)Nc1ccccc12. The first-order valence-corrected chi connectivity index (χ1v) is 9.83. The molecule has 5 rings (SSSR count). The van der Waals surface area contributed by atoms with Gasteiger partial charge in [-0.3, -0.25) is 14.4 Å². The maximum Gasteiger partial charge on any atom is 0.295 e. The highest BCUT2D eigenvalue weighted by Crippen LogP contribution is 2.44. The monoisotopic (exact) mass is 387 g/mol. The molecule has 2 aliphatic rings. The quantitative estimate of drug-likeness (QED) is 0.523. The maximum atomic E-state index is 13.0. The molecule has 2 N–H and O–H groups in total. The van der Waals surface area contributed by atoms with E-state index in [1.54, 1.807) is 4.90 Å². The van der Waals surface area contributed by atoms with Crippen molar-refractivity contribution in [3.8, 4) is 0 Å². The molecule has 29 heavy (non-hydrogen) atoms. The van der Waals surface area contributed by atoms with Gasteiger partial charge in [-0.05, 0) is 37.5 Å². The van der Waals surface area contributed by atoms with Crippen LogP contribution in [0, 0.1) is 6.92 Å². The Labute approximate surface area is 167 Å². The fourth-order valence-electron chi connectivity index (χ4n) is 4.78. The summed E-state index contributed by atoms with van der Waals surface area (Å²) < 4.78 is 0. The first-order chi connectivity index (χ1) is 14.0. The number of hydrogen-bond acceptors (Lipinski definition) is 3. The Kier molecular flexibility index (Phi) is 3.84. The van der Waals surface area contributed by atoms with Crippen molar-refractivity contribution in [2.75, 3.05) is 18.4 Å². The molecule has 2 aromatic carbocycles. The number of rotatable bonds is 2. The van der Waals surface area contributed by atoms with Crippen molar-refractivity contribution in [3.05, 3.63) is 65.4 Å². The molecule has 0 unspecified atom stereocenters. The minimum atomic E-state index is -0.604. The van der Waals surface area contributed by atoms with Crippen molar-refractivity contribution in [1.82, 2.24) is 9.88 Å². The first kappa shape index (κ1) is 17.7. The summed E-state index contributed by atoms with van der Waals surface area (Å²) in [5.41, 5.74) is 3.22. The molecule has 2 aliphatic heterocycles. The summed E-state index contributed by atoms with van der Waals surface area (Å²) in [4.78, 5) is 43.5. The van der Waals surface area contributed by atoms with Crippen LogP contribution >= 0.6 is 0 Å². The van der Waals surface area contributed by atoms with Crippen molar-refractivity contribution in [2.45, 2.75) is 25.2 Å². The number of aromatic nitrogens is 1. The Bertz CT molecular complexity index is 1170. The van der Waals surface area contributed by atoms with Crippen LogP contribution < -0.4 is 5.32 Å². The molecule has 1 spiro atoms. The standard InChI is InChI=1S/C23H21N3O3/c1-14-19(15-6-2-4-8-17(15)24-14)20(27)21(28)26-12-10-23(11-13-26)16-7-3-5-9-18(16)25-22(23)29/h2-9,24H,10-13H2,1H3,(H,25,29). The van der Waals surface area contributed by atoms with Crippen LogP contribution in [0.15, 0.2) is 48.5 Å². The van der Waals surface area contributed by atoms with E-state index in [0.717, 1.165) is 22.2 Å². The molecular formula is C23H21N3O3. The van der Waals surface area contributed by atoms with Gasteiger partial charge < -0.3 is 15.2 Å². The number of Topliss-reactive ketones (excluding diaryl/α,β-unsaturated/α-hetero) is 1. The topological polar surface area (TPSA) is 82.3 Å². The molecule has 1 fully saturated rings. The molecule has 1 aromatic heterocycles. The van der Waals surface area contributed by atoms with Crippen molar-refractivity contribution in [3.63, 3.8) is 0 Å². The second kappa shape index (κ2) is 6.30. The lowest BCUT2D eigenvalue weighted by molar-refractivity contribution is -0.131. The Hall–Kier alpha value is -3.41. The van der Waals surface area contributed by atoms with Crippen LogP contribution in [0.3, 0.4) is 0 Å². The van der Waals surface area contributed by atoms with Gasteiger partial charge in [0.15, 0.2) is 0 Å². The molecule has 6 nitrogen and oxygen atoms in total. The fraction of sp³-hybridized carbons (Fsp3) is 0.261. The zero-order chi connectivity index (χ0) is 20.2. The van der Waals surface area contributed by atoms with Gasteiger partial charge in [0, 0.05) is 35.4 Å². The number of likely N-dealkylation sites (tertiary alicyclic amines) is 1. The minimum absolute atomic E-state index is 0.00963. The average Bonchev–Trinajstić information content (AvgIpc) is 3.21. The number of anilines is 1. The maximum absolute atomic E-state index is 13.0. The molecule has 0 radical (unpaired) electrons. The summed E-state index contributed by atoms with van der Waals surface area (Å²) in [5, 5.41) is 3.73. The predicted octanol–water partition coefficient (Wildman–Crippen LogP) is 3.17. The van der Waals surface area contributed by atoms with Crippen molar-refractivity contribution in [1.29, 1.82) is 0 Å². The Morgan fingerprint density at radius 1 is 1.00 bits per heavy atom. The largest absolute Gasteiger partial charge is 0.358 e. The van der Waals surface area contributed by atoms with Gasteiger partial charge in [-0.25, -0.2) is 0 Å². The number of H-pyrrole nitrogens is 1. The summed E-state index contributed by atoms with van der Waals surface area (Å²) in [7, 11) is 0. The normalized spacial score (nSPS) is 17.4. The van der Waals surface area contributed by atoms with Crippen molar-refractivity contribution >= 4 is 34.2 Å². The van der Waals surface area contributed by atoms with Crippen LogP contribution in [0.2, 0.25) is 0 Å². The van der Waals surface area contributed by atoms with Crippen molar-refractivity contribution in [2.24, 2.45) is 0 Å². The number of ketones is 1. The predicted molar refractivity (Wildman–Crippen MR) is 110 cm³/mol. The highest BCUT2D eigenvalue weighted by atomic mass is 16.2. The molecule has 3 heterocycles. The summed E-state index contributed by atoms with van der Waals surface area (Å²) >= 11 is 0. The number of fused-ring (bicyclic) bond motifs is 3. The van der Waals surface area contributed by atoms with Gasteiger partial charge in [-0.15, -0.1) is 0 Å². The molecule has 1 saturated heterocycles. The van der Waals surface area contributed by atoms with E-state index in [0.29, 0.717) is 37.2 Å². The van der Waals surface area contributed by atoms with Gasteiger partial charge in [0.05, 0.1) is 11.0 Å². The molecular weight excluding hydrogens is 366 g/mol. The van der Waals surface area contributed by atoms with E-state index in [9.17, 15) is 14.4 Å². The summed E-state index contributed by atoms with van der Waals surface area (Å²) in [6.07, 6.45) is 1.03. The second-order valence-corrected chi connectivity index (χ2v) is 7.87. The van der Waals surface area contributed by atoms with Crippen LogP contribution in [0.5, 0.6) is 0 Å². The minimum Gasteiger partial charge on any atom is -0.358 e. The molecule has 0 aliphatic carbocycles. The zero-order valence-electron chi connectivity index (χ0n) is 16.1. The summed E-state index contributed by atoms with van der Waals surface area (Å²) in [6, 6.07) is 15.2. The van der Waals surface area contributed by atoms with Crippen LogP contribution in [0.25, 0.3) is 10.9 Å². The van der Waals surface area contributed by atoms with Gasteiger partial charge in [0.25, 0.3) is 11.7 Å². The molecule has 0 saturated carbocycles. The number of carbonyl (C=O) groups excluding carboxylic acids is 3. The summed E-state index contributed by atoms with van der Waals surface area (Å²) in [5.74, 6) is -1.00. The number of amides is 2. The molecule has 0 bridgehead atoms. The third-order valence-corrected chi connectivity index (χ3v) is 6.34. The Morgan fingerprint density at radius 2 is 1.69 bits per heavy atom. The number of para-hydroxylation sites is 2. The third kappa shape index (κ3) is 2.52. The number of aromatic amines is 1. The van der Waals surface area contributed by atoms with E-state index in [-0.39, 0.29) is 5.91 Å². The Balaban J connectivity index is 1.39. The van der Waals surface area contributed by atoms with Crippen LogP contribution in [0.4, 0.5) is 5.69 Å². The van der Waals surface area contributed by atoms with Gasteiger partial charge in [0.1, 0.15) is 0 Å². The fourth-order valence-corrected chi connectivity index (χ4v) is 4.78. The van der Waals surface area contributed by atoms with Gasteiger partial charge >= 0.3 is 0 Å². The lowest BCUT2D eigenvalue weighted by atomic mass is 9.73. The molecule has 3 aromatic rings. The third-order valence-electron chi connectivity index (χ3n) is 6.34.